The third-order valence-corrected chi connectivity index (χ3v) is 4.57. The second kappa shape index (κ2) is 6.45. The lowest BCUT2D eigenvalue weighted by molar-refractivity contribution is 0.685. The van der Waals surface area contributed by atoms with E-state index in [9.17, 15) is 4.21 Å². The van der Waals surface area contributed by atoms with Crippen molar-refractivity contribution in [3.63, 3.8) is 0 Å². The minimum absolute atomic E-state index is 0.792. The van der Waals surface area contributed by atoms with E-state index >= 15 is 0 Å². The lowest BCUT2D eigenvalue weighted by Crippen LogP contribution is -2.02. The van der Waals surface area contributed by atoms with Gasteiger partial charge < -0.3 is 0 Å². The van der Waals surface area contributed by atoms with Crippen LogP contribution in [0.2, 0.25) is 0 Å². The summed E-state index contributed by atoms with van der Waals surface area (Å²) in [4.78, 5) is 1.62. The molecule has 0 aliphatic rings. The molecule has 0 aliphatic carbocycles. The summed E-state index contributed by atoms with van der Waals surface area (Å²) in [5.74, 6) is 3.92. The molecule has 0 saturated heterocycles. The van der Waals surface area contributed by atoms with E-state index in [1.165, 1.54) is 0 Å². The Morgan fingerprint density at radius 1 is 1.35 bits per heavy atom. The Morgan fingerprint density at radius 3 is 2.53 bits per heavy atom. The Balaban J connectivity index is 3.19. The molecule has 0 saturated carbocycles. The Kier molecular flexibility index (Phi) is 5.23. The zero-order valence-corrected chi connectivity index (χ0v) is 11.4. The van der Waals surface area contributed by atoms with Crippen molar-refractivity contribution in [3.8, 4) is 0 Å². The molecular formula is C15H20OS. The van der Waals surface area contributed by atoms with Crippen LogP contribution in [0.1, 0.15) is 26.7 Å². The highest BCUT2D eigenvalue weighted by molar-refractivity contribution is 8.04. The van der Waals surface area contributed by atoms with Gasteiger partial charge in [0.1, 0.15) is 0 Å². The zero-order chi connectivity index (χ0) is 12.7. The summed E-state index contributed by atoms with van der Waals surface area (Å²) in [6.07, 6.45) is 7.82. The van der Waals surface area contributed by atoms with Crippen LogP contribution in [0.3, 0.4) is 0 Å². The van der Waals surface area contributed by atoms with Crippen molar-refractivity contribution in [2.75, 3.05) is 0 Å². The number of allylic oxidation sites excluding steroid dienone is 3. The van der Waals surface area contributed by atoms with Gasteiger partial charge in [-0.2, -0.15) is 0 Å². The van der Waals surface area contributed by atoms with Gasteiger partial charge in [-0.05, 0) is 31.3 Å². The molecule has 1 aromatic rings. The van der Waals surface area contributed by atoms with Crippen LogP contribution in [0.15, 0.2) is 58.4 Å². The minimum atomic E-state index is -2.36. The average Bonchev–Trinajstić information content (AvgIpc) is 2.35. The first kappa shape index (κ1) is 13.8. The maximum atomic E-state index is 12.8. The molecule has 0 bridgehead atoms. The fourth-order valence-corrected chi connectivity index (χ4v) is 3.15. The summed E-state index contributed by atoms with van der Waals surface area (Å²) < 4.78 is 12.8. The molecule has 1 atom stereocenters. The standard InChI is InChI=1S/C15H20OS/c1-4-6-11-14(10-5-2)17(3,16)15-12-8-7-9-13-15/h5,7-13H,3-4,6H2,1-2H3/b10-5-,14-11+. The molecule has 0 amide bonds. The van der Waals surface area contributed by atoms with Gasteiger partial charge >= 0.3 is 0 Å². The van der Waals surface area contributed by atoms with Crippen LogP contribution in [-0.2, 0) is 9.52 Å². The third-order valence-electron chi connectivity index (χ3n) is 2.47. The minimum Gasteiger partial charge on any atom is -0.258 e. The van der Waals surface area contributed by atoms with Gasteiger partial charge in [0.05, 0.1) is 0 Å². The summed E-state index contributed by atoms with van der Waals surface area (Å²) in [6, 6.07) is 9.46. The molecule has 2 heteroatoms. The molecule has 1 rings (SSSR count). The van der Waals surface area contributed by atoms with Crippen molar-refractivity contribution < 1.29 is 4.21 Å². The highest BCUT2D eigenvalue weighted by atomic mass is 32.2. The van der Waals surface area contributed by atoms with E-state index in [1.807, 2.05) is 55.5 Å². The molecule has 0 radical (unpaired) electrons. The summed E-state index contributed by atoms with van der Waals surface area (Å²) >= 11 is 0. The quantitative estimate of drug-likeness (QED) is 0.568. The van der Waals surface area contributed by atoms with Gasteiger partial charge in [-0.3, -0.25) is 4.21 Å². The monoisotopic (exact) mass is 248 g/mol. The summed E-state index contributed by atoms with van der Waals surface area (Å²) in [6.45, 7) is 4.04. The van der Waals surface area contributed by atoms with E-state index in [4.69, 9.17) is 0 Å². The van der Waals surface area contributed by atoms with Crippen molar-refractivity contribution >= 4 is 15.4 Å². The van der Waals surface area contributed by atoms with E-state index in [2.05, 4.69) is 12.8 Å². The molecule has 17 heavy (non-hydrogen) atoms. The largest absolute Gasteiger partial charge is 0.258 e. The highest BCUT2D eigenvalue weighted by Gasteiger charge is 2.10. The smallest absolute Gasteiger partial charge is 0.0350 e. The van der Waals surface area contributed by atoms with Crippen LogP contribution in [0.25, 0.3) is 0 Å². The van der Waals surface area contributed by atoms with E-state index in [-0.39, 0.29) is 0 Å². The normalized spacial score (nSPS) is 16.0. The summed E-state index contributed by atoms with van der Waals surface area (Å²) in [5.41, 5.74) is 0. The fraction of sp³-hybridized carbons (Fsp3) is 0.267. The van der Waals surface area contributed by atoms with Gasteiger partial charge in [0.2, 0.25) is 0 Å². The van der Waals surface area contributed by atoms with E-state index < -0.39 is 9.52 Å². The predicted molar refractivity (Wildman–Crippen MR) is 77.8 cm³/mol. The maximum absolute atomic E-state index is 12.8. The molecule has 0 aliphatic heterocycles. The van der Waals surface area contributed by atoms with Crippen LogP contribution in [0.4, 0.5) is 0 Å². The highest BCUT2D eigenvalue weighted by Crippen LogP contribution is 2.20. The molecule has 0 aromatic heterocycles. The van der Waals surface area contributed by atoms with Crippen LogP contribution in [0.5, 0.6) is 0 Å². The fourth-order valence-electron chi connectivity index (χ4n) is 1.54. The molecule has 0 spiro atoms. The van der Waals surface area contributed by atoms with Gasteiger partial charge in [0.25, 0.3) is 0 Å². The van der Waals surface area contributed by atoms with E-state index in [0.717, 1.165) is 22.6 Å². The van der Waals surface area contributed by atoms with Crippen molar-refractivity contribution in [1.29, 1.82) is 0 Å². The van der Waals surface area contributed by atoms with E-state index in [1.54, 1.807) is 0 Å². The number of hydrogen-bond acceptors (Lipinski definition) is 1. The first-order chi connectivity index (χ1) is 8.12. The van der Waals surface area contributed by atoms with E-state index in [0.29, 0.717) is 0 Å². The van der Waals surface area contributed by atoms with Crippen LogP contribution < -0.4 is 0 Å². The van der Waals surface area contributed by atoms with Gasteiger partial charge in [-0.25, -0.2) is 0 Å². The number of benzene rings is 1. The van der Waals surface area contributed by atoms with Gasteiger partial charge in [0, 0.05) is 19.3 Å². The molecule has 1 nitrogen and oxygen atoms in total. The lowest BCUT2D eigenvalue weighted by atomic mass is 10.3. The Hall–Kier alpha value is -1.28. The number of unbranched alkanes of at least 4 members (excludes halogenated alkanes) is 1. The van der Waals surface area contributed by atoms with Crippen LogP contribution in [0, 0.1) is 0 Å². The molecule has 0 fully saturated rings. The SMILES string of the molecule is C=S(=O)(C(/C=C\C)=C/CCC)c1ccccc1. The molecular weight excluding hydrogens is 228 g/mol. The summed E-state index contributed by atoms with van der Waals surface area (Å²) in [7, 11) is -2.36. The topological polar surface area (TPSA) is 17.1 Å². The van der Waals surface area contributed by atoms with Crippen molar-refractivity contribution in [2.24, 2.45) is 0 Å². The third kappa shape index (κ3) is 3.60. The number of hydrogen-bond donors (Lipinski definition) is 0. The van der Waals surface area contributed by atoms with Crippen molar-refractivity contribution in [1.82, 2.24) is 0 Å². The van der Waals surface area contributed by atoms with Crippen molar-refractivity contribution in [3.05, 3.63) is 53.5 Å². The van der Waals surface area contributed by atoms with Crippen molar-refractivity contribution in [2.45, 2.75) is 31.6 Å². The first-order valence-electron chi connectivity index (χ1n) is 5.88. The molecule has 1 unspecified atom stereocenters. The molecule has 0 N–H and O–H groups in total. The second-order valence-corrected chi connectivity index (χ2v) is 6.18. The second-order valence-electron chi connectivity index (χ2n) is 3.88. The Bertz CT molecular complexity index is 493. The average molecular weight is 248 g/mol. The molecule has 1 aromatic carbocycles. The Labute approximate surface area is 105 Å². The molecule has 92 valence electrons. The molecule has 0 heterocycles. The van der Waals surface area contributed by atoms with Gasteiger partial charge in [-0.1, -0.05) is 49.8 Å². The van der Waals surface area contributed by atoms with Crippen LogP contribution in [-0.4, -0.2) is 10.1 Å². The lowest BCUT2D eigenvalue weighted by Gasteiger charge is -2.10. The zero-order valence-electron chi connectivity index (χ0n) is 10.6. The van der Waals surface area contributed by atoms with Crippen LogP contribution >= 0.6 is 0 Å². The first-order valence-corrected chi connectivity index (χ1v) is 7.60. The predicted octanol–water partition coefficient (Wildman–Crippen LogP) is 4.02. The number of rotatable bonds is 5. The van der Waals surface area contributed by atoms with Gasteiger partial charge in [0.15, 0.2) is 0 Å². The summed E-state index contributed by atoms with van der Waals surface area (Å²) in [5, 5.41) is 0. The maximum Gasteiger partial charge on any atom is 0.0350 e. The van der Waals surface area contributed by atoms with Gasteiger partial charge in [-0.15, -0.1) is 0 Å². The Morgan fingerprint density at radius 2 is 2.00 bits per heavy atom.